The highest BCUT2D eigenvalue weighted by atomic mass is 19.3. The first kappa shape index (κ1) is 24.0. The number of halogens is 2. The van der Waals surface area contributed by atoms with Gasteiger partial charge in [0.25, 0.3) is 0 Å². The van der Waals surface area contributed by atoms with Gasteiger partial charge in [-0.05, 0) is 73.4 Å². The highest BCUT2D eigenvalue weighted by molar-refractivity contribution is 6.01. The molecular formula is C27H24F2N6O2. The Hall–Kier alpha value is -4.73. The van der Waals surface area contributed by atoms with Gasteiger partial charge in [-0.1, -0.05) is 24.3 Å². The van der Waals surface area contributed by atoms with E-state index >= 15 is 0 Å². The highest BCUT2D eigenvalue weighted by Crippen LogP contribution is 2.29. The molecule has 37 heavy (non-hydrogen) atoms. The monoisotopic (exact) mass is 502 g/mol. The number of ether oxygens (including phenoxy) is 1. The van der Waals surface area contributed by atoms with Gasteiger partial charge in [0.05, 0.1) is 5.69 Å². The van der Waals surface area contributed by atoms with Crippen molar-refractivity contribution >= 4 is 40.5 Å². The average molecular weight is 503 g/mol. The number of aryl methyl sites for hydroxylation is 3. The largest absolute Gasteiger partial charge is 0.433 e. The molecule has 0 spiro atoms. The fraction of sp³-hybridized carbons (Fsp3) is 0.148. The lowest BCUT2D eigenvalue weighted by Crippen LogP contribution is -2.21. The Morgan fingerprint density at radius 1 is 0.946 bits per heavy atom. The van der Waals surface area contributed by atoms with Crippen LogP contribution in [0.15, 0.2) is 72.9 Å². The molecule has 0 saturated carbocycles. The van der Waals surface area contributed by atoms with Crippen LogP contribution in [-0.4, -0.2) is 22.6 Å². The van der Waals surface area contributed by atoms with Crippen LogP contribution in [-0.2, 0) is 12.8 Å². The smallest absolute Gasteiger partial charge is 0.387 e. The Bertz CT molecular complexity index is 1450. The van der Waals surface area contributed by atoms with Crippen molar-refractivity contribution in [1.29, 1.82) is 0 Å². The molecule has 1 aliphatic heterocycles. The van der Waals surface area contributed by atoms with E-state index in [2.05, 4.69) is 36.0 Å². The summed E-state index contributed by atoms with van der Waals surface area (Å²) >= 11 is 0. The topological polar surface area (TPSA) is 100 Å². The van der Waals surface area contributed by atoms with Crippen molar-refractivity contribution in [1.82, 2.24) is 9.97 Å². The van der Waals surface area contributed by atoms with Gasteiger partial charge in [-0.2, -0.15) is 13.8 Å². The molecular weight excluding hydrogens is 478 g/mol. The molecule has 8 nitrogen and oxygen atoms in total. The first-order valence-electron chi connectivity index (χ1n) is 11.6. The number of amides is 2. The van der Waals surface area contributed by atoms with Gasteiger partial charge in [-0.3, -0.25) is 0 Å². The Morgan fingerprint density at radius 2 is 1.76 bits per heavy atom. The number of nitrogens with one attached hydrogen (secondary N) is 4. The maximum absolute atomic E-state index is 12.8. The van der Waals surface area contributed by atoms with Gasteiger partial charge in [0.1, 0.15) is 11.6 Å². The van der Waals surface area contributed by atoms with E-state index in [-0.39, 0.29) is 11.4 Å². The number of alkyl halides is 2. The molecule has 0 aliphatic carbocycles. The summed E-state index contributed by atoms with van der Waals surface area (Å²) in [5.74, 6) is 1.02. The molecule has 0 atom stereocenters. The van der Waals surface area contributed by atoms with Crippen molar-refractivity contribution in [2.24, 2.45) is 0 Å². The van der Waals surface area contributed by atoms with Crippen molar-refractivity contribution in [3.63, 3.8) is 0 Å². The molecule has 4 N–H and O–H groups in total. The summed E-state index contributed by atoms with van der Waals surface area (Å²) in [6.45, 7) is -1.08. The van der Waals surface area contributed by atoms with E-state index in [1.165, 1.54) is 12.1 Å². The number of hydrogen-bond donors (Lipinski definition) is 4. The lowest BCUT2D eigenvalue weighted by molar-refractivity contribution is -0.0493. The van der Waals surface area contributed by atoms with E-state index in [9.17, 15) is 13.6 Å². The summed E-state index contributed by atoms with van der Waals surface area (Å²) in [7, 11) is 0. The molecule has 5 rings (SSSR count). The number of para-hydroxylation sites is 2. The van der Waals surface area contributed by atoms with E-state index in [0.717, 1.165) is 34.5 Å². The van der Waals surface area contributed by atoms with Gasteiger partial charge >= 0.3 is 12.6 Å². The van der Waals surface area contributed by atoms with Crippen LogP contribution >= 0.6 is 0 Å². The Kier molecular flexibility index (Phi) is 6.80. The molecule has 0 saturated heterocycles. The summed E-state index contributed by atoms with van der Waals surface area (Å²) < 4.78 is 30.0. The van der Waals surface area contributed by atoms with Crippen LogP contribution in [0.1, 0.15) is 16.7 Å². The summed E-state index contributed by atoms with van der Waals surface area (Å²) in [6, 6.07) is 19.0. The highest BCUT2D eigenvalue weighted by Gasteiger charge is 2.15. The van der Waals surface area contributed by atoms with Gasteiger partial charge < -0.3 is 26.0 Å². The second-order valence-corrected chi connectivity index (χ2v) is 8.50. The number of hydrogen-bond acceptors (Lipinski definition) is 6. The first-order chi connectivity index (χ1) is 17.9. The van der Waals surface area contributed by atoms with Gasteiger partial charge in [0, 0.05) is 28.8 Å². The summed E-state index contributed by atoms with van der Waals surface area (Å²) in [4.78, 5) is 21.8. The average Bonchev–Trinajstić information content (AvgIpc) is 2.87. The van der Waals surface area contributed by atoms with E-state index in [4.69, 9.17) is 0 Å². The minimum atomic E-state index is -3.00. The van der Waals surface area contributed by atoms with Crippen LogP contribution in [0, 0.1) is 6.92 Å². The van der Waals surface area contributed by atoms with Crippen LogP contribution in [0.25, 0.3) is 0 Å². The van der Waals surface area contributed by atoms with Crippen LogP contribution in [0.2, 0.25) is 0 Å². The molecule has 2 heterocycles. The van der Waals surface area contributed by atoms with Crippen LogP contribution in [0.3, 0.4) is 0 Å². The number of fused-ring (bicyclic) bond motifs is 6. The summed E-state index contributed by atoms with van der Waals surface area (Å²) in [5.41, 5.74) is 5.28. The number of benzene rings is 3. The lowest BCUT2D eigenvalue weighted by Gasteiger charge is -2.16. The second-order valence-electron chi connectivity index (χ2n) is 8.50. The third-order valence-electron chi connectivity index (χ3n) is 5.81. The van der Waals surface area contributed by atoms with Crippen molar-refractivity contribution in [3.8, 4) is 5.75 Å². The van der Waals surface area contributed by atoms with Gasteiger partial charge in [0.15, 0.2) is 0 Å². The molecule has 10 heteroatoms. The first-order valence-corrected chi connectivity index (χ1v) is 11.6. The summed E-state index contributed by atoms with van der Waals surface area (Å²) in [6.07, 6.45) is 3.11. The van der Waals surface area contributed by atoms with Crippen molar-refractivity contribution in [3.05, 3.63) is 89.6 Å². The van der Waals surface area contributed by atoms with Crippen LogP contribution < -0.4 is 26.0 Å². The molecule has 0 unspecified atom stereocenters. The predicted molar refractivity (Wildman–Crippen MR) is 139 cm³/mol. The predicted octanol–water partition coefficient (Wildman–Crippen LogP) is 6.62. The number of carbonyl (C=O) groups excluding carboxylic acids is 1. The van der Waals surface area contributed by atoms with E-state index in [0.29, 0.717) is 23.9 Å². The third kappa shape index (κ3) is 5.92. The minimum absolute atomic E-state index is 0.119. The molecule has 3 aromatic carbocycles. The number of carbonyl (C=O) groups is 1. The van der Waals surface area contributed by atoms with Crippen molar-refractivity contribution < 1.29 is 18.3 Å². The molecule has 4 aromatic rings. The molecule has 188 valence electrons. The van der Waals surface area contributed by atoms with Crippen LogP contribution in [0.4, 0.5) is 48.1 Å². The number of urea groups is 1. The molecule has 1 aliphatic rings. The molecule has 0 radical (unpaired) electrons. The summed E-state index contributed by atoms with van der Waals surface area (Å²) in [5, 5.41) is 12.0. The maximum atomic E-state index is 12.8. The van der Waals surface area contributed by atoms with E-state index < -0.39 is 12.6 Å². The normalized spacial score (nSPS) is 12.2. The van der Waals surface area contributed by atoms with Gasteiger partial charge in [-0.25, -0.2) is 9.78 Å². The zero-order valence-corrected chi connectivity index (χ0v) is 19.9. The Labute approximate surface area is 212 Å². The molecule has 6 bridgehead atoms. The Balaban J connectivity index is 1.43. The molecule has 0 fully saturated rings. The fourth-order valence-corrected chi connectivity index (χ4v) is 4.02. The Morgan fingerprint density at radius 3 is 2.62 bits per heavy atom. The second kappa shape index (κ2) is 10.5. The fourth-order valence-electron chi connectivity index (χ4n) is 4.02. The maximum Gasteiger partial charge on any atom is 0.387 e. The third-order valence-corrected chi connectivity index (χ3v) is 5.81. The standard InChI is InChI=1S/C27H24F2N6O2/c1-16-15-30-26-32-19-6-4-5-17(13-19)9-10-18-14-20(31-24(16)35-26)11-12-21(18)33-27(36)34-22-7-2-3-8-23(22)37-25(28)29/h2-8,11-15,25H,9-10H2,1H3,(H2,33,34,36)(H2,30,31,32,35). The zero-order chi connectivity index (χ0) is 25.8. The van der Waals surface area contributed by atoms with Crippen molar-refractivity contribution in [2.45, 2.75) is 26.4 Å². The molecule has 1 aromatic heterocycles. The number of rotatable bonds is 4. The lowest BCUT2D eigenvalue weighted by atomic mass is 10.0. The quantitative estimate of drug-likeness (QED) is 0.250. The van der Waals surface area contributed by atoms with Crippen molar-refractivity contribution in [2.75, 3.05) is 21.3 Å². The van der Waals surface area contributed by atoms with E-state index in [1.807, 2.05) is 43.3 Å². The zero-order valence-electron chi connectivity index (χ0n) is 19.9. The number of anilines is 6. The minimum Gasteiger partial charge on any atom is -0.433 e. The molecule has 2 amide bonds. The van der Waals surface area contributed by atoms with Gasteiger partial charge in [-0.15, -0.1) is 0 Å². The van der Waals surface area contributed by atoms with E-state index in [1.54, 1.807) is 24.4 Å². The number of nitrogens with zero attached hydrogens (tertiary/aromatic N) is 2. The SMILES string of the molecule is Cc1cnc2nc1Nc1ccc(NC(=O)Nc3ccccc3OC(F)F)c(c1)CCc1cccc(c1)N2. The van der Waals surface area contributed by atoms with Gasteiger partial charge in [0.2, 0.25) is 5.95 Å². The number of aromatic nitrogens is 2. The van der Waals surface area contributed by atoms with Crippen LogP contribution in [0.5, 0.6) is 5.75 Å².